The van der Waals surface area contributed by atoms with Gasteiger partial charge in [0.15, 0.2) is 0 Å². The quantitative estimate of drug-likeness (QED) is 0.750. The van der Waals surface area contributed by atoms with Crippen LogP contribution in [-0.4, -0.2) is 17.6 Å². The van der Waals surface area contributed by atoms with Gasteiger partial charge in [0, 0.05) is 12.6 Å². The predicted molar refractivity (Wildman–Crippen MR) is 70.5 cm³/mol. The van der Waals surface area contributed by atoms with Crippen LogP contribution in [0, 0.1) is 5.92 Å². The van der Waals surface area contributed by atoms with Crippen LogP contribution in [0.1, 0.15) is 45.2 Å². The maximum absolute atomic E-state index is 5.77. The summed E-state index contributed by atoms with van der Waals surface area (Å²) in [5, 5.41) is 0. The van der Waals surface area contributed by atoms with Crippen molar-refractivity contribution >= 4 is 17.6 Å². The summed E-state index contributed by atoms with van der Waals surface area (Å²) in [5.74, 6) is 1.03. The van der Waals surface area contributed by atoms with E-state index in [0.717, 1.165) is 18.3 Å². The molecule has 17 heavy (non-hydrogen) atoms. The fourth-order valence-corrected chi connectivity index (χ4v) is 2.61. The van der Waals surface area contributed by atoms with E-state index in [1.807, 2.05) is 0 Å². The summed E-state index contributed by atoms with van der Waals surface area (Å²) >= 11 is 5.77. The molecule has 0 atom stereocenters. The molecule has 96 valence electrons. The average Bonchev–Trinajstić information content (AvgIpc) is 2.97. The number of hydrogen-bond donors (Lipinski definition) is 0. The summed E-state index contributed by atoms with van der Waals surface area (Å²) in [7, 11) is 0. The van der Waals surface area contributed by atoms with E-state index in [-0.39, 0.29) is 0 Å². The van der Waals surface area contributed by atoms with Crippen molar-refractivity contribution in [2.75, 3.05) is 11.4 Å². The summed E-state index contributed by atoms with van der Waals surface area (Å²) in [6, 6.07) is 1.35. The molecule has 2 rings (SSSR count). The summed E-state index contributed by atoms with van der Waals surface area (Å²) < 4.78 is 5.56. The molecule has 0 bridgehead atoms. The third kappa shape index (κ3) is 3.15. The summed E-state index contributed by atoms with van der Waals surface area (Å²) in [6.45, 7) is 5.47. The van der Waals surface area contributed by atoms with E-state index in [1.165, 1.54) is 25.7 Å². The molecule has 0 aromatic carbocycles. The fraction of sp³-hybridized carbons (Fsp3) is 0.769. The van der Waals surface area contributed by atoms with Crippen LogP contribution in [0.2, 0.25) is 0 Å². The molecule has 0 amide bonds. The van der Waals surface area contributed by atoms with Crippen molar-refractivity contribution in [2.24, 2.45) is 5.92 Å². The van der Waals surface area contributed by atoms with Crippen LogP contribution < -0.4 is 4.90 Å². The van der Waals surface area contributed by atoms with Crippen LogP contribution in [0.15, 0.2) is 10.7 Å². The molecule has 1 heterocycles. The number of nitrogens with zero attached hydrogens (tertiary/aromatic N) is 2. The number of alkyl halides is 1. The van der Waals surface area contributed by atoms with Gasteiger partial charge in [-0.15, -0.1) is 11.6 Å². The van der Waals surface area contributed by atoms with E-state index in [9.17, 15) is 0 Å². The van der Waals surface area contributed by atoms with Crippen molar-refractivity contribution in [3.63, 3.8) is 0 Å². The van der Waals surface area contributed by atoms with Crippen LogP contribution in [0.3, 0.4) is 0 Å². The van der Waals surface area contributed by atoms with E-state index in [2.05, 4.69) is 23.7 Å². The second-order valence-electron chi connectivity index (χ2n) is 5.24. The Hall–Kier alpha value is -0.700. The molecule has 1 aromatic rings. The van der Waals surface area contributed by atoms with Gasteiger partial charge in [-0.1, -0.05) is 26.7 Å². The van der Waals surface area contributed by atoms with Crippen LogP contribution in [0.4, 0.5) is 6.01 Å². The fourth-order valence-electron chi connectivity index (χ4n) is 2.48. The lowest BCUT2D eigenvalue weighted by Crippen LogP contribution is -2.36. The number of oxazole rings is 1. The molecule has 3 nitrogen and oxygen atoms in total. The predicted octanol–water partition coefficient (Wildman–Crippen LogP) is 3.82. The number of halogens is 1. The lowest BCUT2D eigenvalue weighted by atomic mass is 10.1. The van der Waals surface area contributed by atoms with Crippen molar-refractivity contribution in [3.05, 3.63) is 12.0 Å². The summed E-state index contributed by atoms with van der Waals surface area (Å²) in [4.78, 5) is 6.78. The number of aromatic nitrogens is 1. The lowest BCUT2D eigenvalue weighted by Gasteiger charge is -2.28. The van der Waals surface area contributed by atoms with Crippen molar-refractivity contribution < 1.29 is 4.42 Å². The second-order valence-corrected chi connectivity index (χ2v) is 5.51. The van der Waals surface area contributed by atoms with Crippen LogP contribution in [-0.2, 0) is 5.88 Å². The van der Waals surface area contributed by atoms with E-state index in [0.29, 0.717) is 17.8 Å². The third-order valence-corrected chi connectivity index (χ3v) is 3.52. The van der Waals surface area contributed by atoms with Gasteiger partial charge in [-0.05, 0) is 18.8 Å². The Morgan fingerprint density at radius 3 is 2.71 bits per heavy atom. The number of anilines is 1. The first-order chi connectivity index (χ1) is 8.20. The zero-order valence-electron chi connectivity index (χ0n) is 10.7. The second kappa shape index (κ2) is 5.76. The molecule has 1 aliphatic rings. The van der Waals surface area contributed by atoms with Gasteiger partial charge in [0.25, 0.3) is 6.01 Å². The molecule has 0 aliphatic heterocycles. The zero-order chi connectivity index (χ0) is 12.3. The molecular formula is C13H21ClN2O. The minimum Gasteiger partial charge on any atom is -0.432 e. The highest BCUT2D eigenvalue weighted by Crippen LogP contribution is 2.28. The largest absolute Gasteiger partial charge is 0.432 e. The van der Waals surface area contributed by atoms with E-state index in [1.54, 1.807) is 6.26 Å². The molecule has 1 fully saturated rings. The van der Waals surface area contributed by atoms with Gasteiger partial charge in [-0.25, -0.2) is 0 Å². The number of hydrogen-bond acceptors (Lipinski definition) is 3. The van der Waals surface area contributed by atoms with E-state index >= 15 is 0 Å². The van der Waals surface area contributed by atoms with Gasteiger partial charge in [-0.3, -0.25) is 0 Å². The first-order valence-corrected chi connectivity index (χ1v) is 7.01. The van der Waals surface area contributed by atoms with Gasteiger partial charge in [0.05, 0.1) is 11.6 Å². The highest BCUT2D eigenvalue weighted by Gasteiger charge is 2.26. The Labute approximate surface area is 108 Å². The smallest absolute Gasteiger partial charge is 0.297 e. The van der Waals surface area contributed by atoms with E-state index < -0.39 is 0 Å². The molecule has 0 saturated heterocycles. The normalized spacial score (nSPS) is 16.9. The van der Waals surface area contributed by atoms with Crippen molar-refractivity contribution in [1.82, 2.24) is 4.98 Å². The Balaban J connectivity index is 2.13. The molecule has 0 N–H and O–H groups in total. The maximum Gasteiger partial charge on any atom is 0.297 e. The highest BCUT2D eigenvalue weighted by atomic mass is 35.5. The molecule has 1 aliphatic carbocycles. The van der Waals surface area contributed by atoms with Gasteiger partial charge >= 0.3 is 0 Å². The molecular weight excluding hydrogens is 236 g/mol. The van der Waals surface area contributed by atoms with Gasteiger partial charge in [0.1, 0.15) is 6.26 Å². The monoisotopic (exact) mass is 256 g/mol. The Bertz CT molecular complexity index is 345. The van der Waals surface area contributed by atoms with Crippen LogP contribution in [0.25, 0.3) is 0 Å². The molecule has 0 spiro atoms. The first kappa shape index (κ1) is 12.7. The third-order valence-electron chi connectivity index (χ3n) is 3.25. The van der Waals surface area contributed by atoms with Crippen molar-refractivity contribution in [1.29, 1.82) is 0 Å². The highest BCUT2D eigenvalue weighted by molar-refractivity contribution is 6.16. The minimum atomic E-state index is 0.420. The van der Waals surface area contributed by atoms with Gasteiger partial charge in [-0.2, -0.15) is 4.98 Å². The van der Waals surface area contributed by atoms with Crippen molar-refractivity contribution in [2.45, 2.75) is 51.5 Å². The molecule has 0 radical (unpaired) electrons. The minimum absolute atomic E-state index is 0.420. The average molecular weight is 257 g/mol. The van der Waals surface area contributed by atoms with Crippen LogP contribution in [0.5, 0.6) is 0 Å². The SMILES string of the molecule is CC(C)CN(c1nc(CCl)co1)C1CCCC1. The van der Waals surface area contributed by atoms with Gasteiger partial charge < -0.3 is 9.32 Å². The Kier molecular flexibility index (Phi) is 4.32. The maximum atomic E-state index is 5.77. The number of rotatable bonds is 5. The summed E-state index contributed by atoms with van der Waals surface area (Å²) in [5.41, 5.74) is 0.827. The topological polar surface area (TPSA) is 29.3 Å². The lowest BCUT2D eigenvalue weighted by molar-refractivity contribution is 0.463. The molecule has 0 unspecified atom stereocenters. The summed E-state index contributed by atoms with van der Waals surface area (Å²) in [6.07, 6.45) is 6.83. The van der Waals surface area contributed by atoms with Crippen molar-refractivity contribution in [3.8, 4) is 0 Å². The standard InChI is InChI=1S/C13H21ClN2O/c1-10(2)8-16(12-5-3-4-6-12)13-15-11(7-14)9-17-13/h9-10,12H,3-8H2,1-2H3. The molecule has 4 heteroatoms. The Morgan fingerprint density at radius 2 is 2.18 bits per heavy atom. The van der Waals surface area contributed by atoms with Gasteiger partial charge in [0.2, 0.25) is 0 Å². The zero-order valence-corrected chi connectivity index (χ0v) is 11.4. The van der Waals surface area contributed by atoms with Crippen LogP contribution >= 0.6 is 11.6 Å². The molecule has 1 saturated carbocycles. The van der Waals surface area contributed by atoms with E-state index in [4.69, 9.17) is 16.0 Å². The Morgan fingerprint density at radius 1 is 1.47 bits per heavy atom. The first-order valence-electron chi connectivity index (χ1n) is 6.47. The molecule has 1 aromatic heterocycles.